The summed E-state index contributed by atoms with van der Waals surface area (Å²) in [6.07, 6.45) is 1.59. The van der Waals surface area contributed by atoms with Crippen LogP contribution >= 0.6 is 0 Å². The summed E-state index contributed by atoms with van der Waals surface area (Å²) in [5, 5.41) is 0.689. The first kappa shape index (κ1) is 27.5. The summed E-state index contributed by atoms with van der Waals surface area (Å²) in [6.45, 7) is 5.16. The SMILES string of the molecule is C[C@H]1CC[C@@H](C(N)=O)N(C)C(=O)N1OS(=O)(=O)OCC(C)(C)CCCOC(=O)c1ccccc1. The number of esters is 1. The monoisotopic (exact) mass is 499 g/mol. The van der Waals surface area contributed by atoms with Gasteiger partial charge in [0.1, 0.15) is 6.04 Å². The Morgan fingerprint density at radius 3 is 2.44 bits per heavy atom. The van der Waals surface area contributed by atoms with Crippen LogP contribution in [0.25, 0.3) is 0 Å². The molecule has 1 aromatic rings. The number of ether oxygens (including phenoxy) is 1. The second kappa shape index (κ2) is 11.6. The number of carbonyl (C=O) groups excluding carboxylic acids is 3. The molecule has 1 fully saturated rings. The number of urea groups is 1. The van der Waals surface area contributed by atoms with Crippen LogP contribution in [0.5, 0.6) is 0 Å². The van der Waals surface area contributed by atoms with Crippen LogP contribution < -0.4 is 5.73 Å². The Hall–Kier alpha value is -2.70. The lowest BCUT2D eigenvalue weighted by molar-refractivity contribution is -0.122. The number of primary amides is 1. The van der Waals surface area contributed by atoms with E-state index < -0.39 is 45.8 Å². The molecule has 0 saturated carbocycles. The number of carbonyl (C=O) groups is 3. The van der Waals surface area contributed by atoms with Gasteiger partial charge < -0.3 is 15.4 Å². The van der Waals surface area contributed by atoms with E-state index >= 15 is 0 Å². The molecule has 1 aromatic carbocycles. The topological polar surface area (TPSA) is 146 Å². The van der Waals surface area contributed by atoms with Crippen LogP contribution in [0.2, 0.25) is 0 Å². The first-order chi connectivity index (χ1) is 15.8. The van der Waals surface area contributed by atoms with Crippen LogP contribution in [0.15, 0.2) is 30.3 Å². The van der Waals surface area contributed by atoms with Gasteiger partial charge in [-0.05, 0) is 50.2 Å². The van der Waals surface area contributed by atoms with Crippen molar-refractivity contribution in [3.8, 4) is 0 Å². The van der Waals surface area contributed by atoms with E-state index in [1.165, 1.54) is 7.05 Å². The molecule has 11 nitrogen and oxygen atoms in total. The Bertz CT molecular complexity index is 968. The number of hydroxylamine groups is 2. The number of nitrogens with two attached hydrogens (primary N) is 1. The van der Waals surface area contributed by atoms with Gasteiger partial charge in [-0.15, -0.1) is 4.28 Å². The lowest BCUT2D eigenvalue weighted by Gasteiger charge is -2.29. The molecule has 3 amide bonds. The molecular weight excluding hydrogens is 466 g/mol. The van der Waals surface area contributed by atoms with Gasteiger partial charge in [0.15, 0.2) is 0 Å². The zero-order valence-electron chi connectivity index (χ0n) is 19.9. The molecule has 1 aliphatic rings. The predicted molar refractivity (Wildman–Crippen MR) is 122 cm³/mol. The first-order valence-electron chi connectivity index (χ1n) is 11.0. The van der Waals surface area contributed by atoms with Crippen LogP contribution in [-0.2, 0) is 28.4 Å². The molecule has 0 aromatic heterocycles. The summed E-state index contributed by atoms with van der Waals surface area (Å²) >= 11 is 0. The minimum absolute atomic E-state index is 0.174. The Morgan fingerprint density at radius 1 is 1.18 bits per heavy atom. The number of amides is 3. The molecule has 34 heavy (non-hydrogen) atoms. The maximum absolute atomic E-state index is 12.6. The molecule has 0 radical (unpaired) electrons. The molecule has 1 aliphatic heterocycles. The average molecular weight is 500 g/mol. The second-order valence-electron chi connectivity index (χ2n) is 9.08. The highest BCUT2D eigenvalue weighted by Crippen LogP contribution is 2.26. The smallest absolute Gasteiger partial charge is 0.421 e. The van der Waals surface area contributed by atoms with E-state index in [2.05, 4.69) is 0 Å². The Balaban J connectivity index is 1.85. The summed E-state index contributed by atoms with van der Waals surface area (Å²) in [7, 11) is -3.21. The lowest BCUT2D eigenvalue weighted by atomic mass is 9.89. The van der Waals surface area contributed by atoms with Crippen molar-refractivity contribution in [1.82, 2.24) is 9.96 Å². The van der Waals surface area contributed by atoms with E-state index in [1.807, 2.05) is 0 Å². The summed E-state index contributed by atoms with van der Waals surface area (Å²) in [5.74, 6) is -1.11. The van der Waals surface area contributed by atoms with E-state index in [0.29, 0.717) is 29.9 Å². The molecule has 1 heterocycles. The van der Waals surface area contributed by atoms with E-state index in [-0.39, 0.29) is 19.6 Å². The zero-order chi connectivity index (χ0) is 25.5. The maximum atomic E-state index is 12.6. The van der Waals surface area contributed by atoms with Gasteiger partial charge in [-0.1, -0.05) is 32.0 Å². The van der Waals surface area contributed by atoms with Crippen molar-refractivity contribution in [2.45, 2.75) is 58.5 Å². The molecule has 2 atom stereocenters. The van der Waals surface area contributed by atoms with Crippen LogP contribution in [0, 0.1) is 5.41 Å². The molecule has 1 saturated heterocycles. The third-order valence-corrected chi connectivity index (χ3v) is 6.30. The van der Waals surface area contributed by atoms with E-state index in [9.17, 15) is 22.8 Å². The Kier molecular flexibility index (Phi) is 9.42. The highest BCUT2D eigenvalue weighted by atomic mass is 32.3. The average Bonchev–Trinajstić information content (AvgIpc) is 2.88. The van der Waals surface area contributed by atoms with E-state index in [0.717, 1.165) is 4.90 Å². The van der Waals surface area contributed by atoms with Crippen molar-refractivity contribution < 1.29 is 36.0 Å². The highest BCUT2D eigenvalue weighted by Gasteiger charge is 2.38. The number of rotatable bonds is 11. The fourth-order valence-corrected chi connectivity index (χ4v) is 4.34. The quantitative estimate of drug-likeness (QED) is 0.360. The standard InChI is InChI=1S/C22H33N3O8S/c1-16-11-12-18(19(23)26)24(4)21(28)25(16)33-34(29,30)32-15-22(2,3)13-8-14-31-20(27)17-9-6-5-7-10-17/h5-7,9-10,16,18H,8,11-15H2,1-4H3,(H2,23,26)/t16-,18-/m0/s1. The maximum Gasteiger partial charge on any atom is 0.421 e. The molecular formula is C22H33N3O8S. The Labute approximate surface area is 200 Å². The van der Waals surface area contributed by atoms with E-state index in [1.54, 1.807) is 51.1 Å². The summed E-state index contributed by atoms with van der Waals surface area (Å²) in [4.78, 5) is 37.3. The van der Waals surface area contributed by atoms with Gasteiger partial charge in [0.05, 0.1) is 24.8 Å². The number of hydrogen-bond donors (Lipinski definition) is 1. The molecule has 2 rings (SSSR count). The Morgan fingerprint density at radius 2 is 1.82 bits per heavy atom. The highest BCUT2D eigenvalue weighted by molar-refractivity contribution is 7.81. The van der Waals surface area contributed by atoms with Crippen LogP contribution in [-0.4, -0.2) is 68.6 Å². The summed E-state index contributed by atoms with van der Waals surface area (Å²) < 4.78 is 40.1. The van der Waals surface area contributed by atoms with Gasteiger partial charge in [-0.25, -0.2) is 13.8 Å². The normalized spacial score (nSPS) is 19.6. The molecule has 0 spiro atoms. The van der Waals surface area contributed by atoms with Gasteiger partial charge >= 0.3 is 22.4 Å². The van der Waals surface area contributed by atoms with Gasteiger partial charge in [0.2, 0.25) is 5.91 Å². The number of nitrogens with zero attached hydrogens (tertiary/aromatic N) is 2. The number of benzene rings is 1. The third-order valence-electron chi connectivity index (χ3n) is 5.55. The minimum atomic E-state index is -4.56. The number of hydrogen-bond acceptors (Lipinski definition) is 8. The number of likely N-dealkylation sites (N-methyl/N-ethyl adjacent to an activating group) is 1. The van der Waals surface area contributed by atoms with Crippen molar-refractivity contribution in [2.75, 3.05) is 20.3 Å². The van der Waals surface area contributed by atoms with Crippen molar-refractivity contribution in [2.24, 2.45) is 11.1 Å². The van der Waals surface area contributed by atoms with E-state index in [4.69, 9.17) is 18.9 Å². The van der Waals surface area contributed by atoms with Crippen molar-refractivity contribution in [3.05, 3.63) is 35.9 Å². The van der Waals surface area contributed by atoms with Crippen LogP contribution in [0.4, 0.5) is 4.79 Å². The molecule has 0 bridgehead atoms. The zero-order valence-corrected chi connectivity index (χ0v) is 20.7. The molecule has 2 N–H and O–H groups in total. The van der Waals surface area contributed by atoms with Gasteiger partial charge in [0.25, 0.3) is 0 Å². The van der Waals surface area contributed by atoms with Crippen molar-refractivity contribution >= 4 is 28.3 Å². The van der Waals surface area contributed by atoms with Crippen LogP contribution in [0.3, 0.4) is 0 Å². The molecule has 0 unspecified atom stereocenters. The van der Waals surface area contributed by atoms with Gasteiger partial charge in [0, 0.05) is 7.05 Å². The second-order valence-corrected chi connectivity index (χ2v) is 10.3. The first-order valence-corrected chi connectivity index (χ1v) is 12.3. The largest absolute Gasteiger partial charge is 0.462 e. The molecule has 12 heteroatoms. The fraction of sp³-hybridized carbons (Fsp3) is 0.591. The summed E-state index contributed by atoms with van der Waals surface area (Å²) in [6, 6.07) is 6.32. The van der Waals surface area contributed by atoms with Gasteiger partial charge in [-0.2, -0.15) is 13.5 Å². The fourth-order valence-electron chi connectivity index (χ4n) is 3.42. The lowest BCUT2D eigenvalue weighted by Crippen LogP contribution is -2.50. The predicted octanol–water partition coefficient (Wildman–Crippen LogP) is 2.23. The third kappa shape index (κ3) is 7.96. The van der Waals surface area contributed by atoms with Crippen LogP contribution in [0.1, 0.15) is 56.8 Å². The minimum Gasteiger partial charge on any atom is -0.462 e. The van der Waals surface area contributed by atoms with Crippen molar-refractivity contribution in [3.63, 3.8) is 0 Å². The van der Waals surface area contributed by atoms with Crippen molar-refractivity contribution in [1.29, 1.82) is 0 Å². The van der Waals surface area contributed by atoms with Gasteiger partial charge in [-0.3, -0.25) is 4.79 Å². The molecule has 0 aliphatic carbocycles. The summed E-state index contributed by atoms with van der Waals surface area (Å²) in [5.41, 5.74) is 5.21. The molecule has 190 valence electrons.